The van der Waals surface area contributed by atoms with Gasteiger partial charge in [0, 0.05) is 12.1 Å². The number of fused-ring (bicyclic) bond motifs is 1. The highest BCUT2D eigenvalue weighted by molar-refractivity contribution is 5.94. The largest absolute Gasteiger partial charge is 0.497 e. The molecule has 1 heterocycles. The van der Waals surface area contributed by atoms with Crippen LogP contribution in [0.2, 0.25) is 0 Å². The number of hydrogen-bond acceptors (Lipinski definition) is 4. The van der Waals surface area contributed by atoms with Gasteiger partial charge in [-0.2, -0.15) is 0 Å². The zero-order valence-electron chi connectivity index (χ0n) is 13.3. The molecule has 0 aromatic heterocycles. The van der Waals surface area contributed by atoms with Crippen molar-refractivity contribution in [3.8, 4) is 11.5 Å². The number of ether oxygens (including phenoxy) is 2. The summed E-state index contributed by atoms with van der Waals surface area (Å²) >= 11 is 0. The lowest BCUT2D eigenvalue weighted by atomic mass is 10.1. The normalized spacial score (nSPS) is 13.1. The number of benzene rings is 2. The third-order valence-corrected chi connectivity index (χ3v) is 3.71. The van der Waals surface area contributed by atoms with Gasteiger partial charge in [-0.25, -0.2) is 0 Å². The number of amides is 2. The van der Waals surface area contributed by atoms with Gasteiger partial charge >= 0.3 is 0 Å². The second kappa shape index (κ2) is 7.04. The molecule has 0 radical (unpaired) electrons. The van der Waals surface area contributed by atoms with E-state index in [-0.39, 0.29) is 11.8 Å². The molecule has 0 bridgehead atoms. The van der Waals surface area contributed by atoms with Crippen LogP contribution in [0.3, 0.4) is 0 Å². The smallest absolute Gasteiger partial charge is 0.251 e. The molecule has 0 spiro atoms. The number of anilines is 1. The standard InChI is InChI=1S/C18H18N2O4/c1-23-14-5-3-13(4-6-14)18(22)19-11-12-2-7-16-15(10-12)20-17(21)8-9-24-16/h2-7,10H,8-9,11H2,1H3,(H,19,22)(H,20,21). The van der Waals surface area contributed by atoms with Crippen LogP contribution in [0.25, 0.3) is 0 Å². The number of nitrogens with one attached hydrogen (secondary N) is 2. The Balaban J connectivity index is 1.65. The summed E-state index contributed by atoms with van der Waals surface area (Å²) < 4.78 is 10.6. The zero-order valence-corrected chi connectivity index (χ0v) is 13.3. The monoisotopic (exact) mass is 326 g/mol. The fraction of sp³-hybridized carbons (Fsp3) is 0.222. The first kappa shape index (κ1) is 15.9. The van der Waals surface area contributed by atoms with Gasteiger partial charge in [-0.3, -0.25) is 9.59 Å². The Morgan fingerprint density at radius 2 is 2.04 bits per heavy atom. The van der Waals surface area contributed by atoms with Crippen molar-refractivity contribution in [1.29, 1.82) is 0 Å². The molecule has 0 fully saturated rings. The lowest BCUT2D eigenvalue weighted by Crippen LogP contribution is -2.22. The maximum Gasteiger partial charge on any atom is 0.251 e. The summed E-state index contributed by atoms with van der Waals surface area (Å²) in [5.41, 5.74) is 2.07. The van der Waals surface area contributed by atoms with Gasteiger partial charge in [0.2, 0.25) is 5.91 Å². The van der Waals surface area contributed by atoms with E-state index in [1.54, 1.807) is 37.4 Å². The summed E-state index contributed by atoms with van der Waals surface area (Å²) in [5, 5.41) is 5.66. The minimum absolute atomic E-state index is 0.0758. The number of carbonyl (C=O) groups excluding carboxylic acids is 2. The fourth-order valence-corrected chi connectivity index (χ4v) is 2.40. The third-order valence-electron chi connectivity index (χ3n) is 3.71. The maximum absolute atomic E-state index is 12.2. The summed E-state index contributed by atoms with van der Waals surface area (Å²) in [4.78, 5) is 23.8. The van der Waals surface area contributed by atoms with Crippen LogP contribution < -0.4 is 20.1 Å². The van der Waals surface area contributed by atoms with Crippen LogP contribution in [-0.4, -0.2) is 25.5 Å². The van der Waals surface area contributed by atoms with E-state index in [0.717, 1.165) is 5.56 Å². The quantitative estimate of drug-likeness (QED) is 0.904. The Labute approximate surface area is 139 Å². The number of hydrogen-bond donors (Lipinski definition) is 2. The van der Waals surface area contributed by atoms with Crippen LogP contribution in [0.5, 0.6) is 11.5 Å². The molecular formula is C18H18N2O4. The second-order valence-electron chi connectivity index (χ2n) is 5.39. The van der Waals surface area contributed by atoms with E-state index in [1.165, 1.54) is 0 Å². The van der Waals surface area contributed by atoms with E-state index in [0.29, 0.717) is 42.3 Å². The van der Waals surface area contributed by atoms with E-state index in [2.05, 4.69) is 10.6 Å². The predicted octanol–water partition coefficient (Wildman–Crippen LogP) is 2.35. The first-order chi connectivity index (χ1) is 11.7. The van der Waals surface area contributed by atoms with Crippen molar-refractivity contribution in [2.24, 2.45) is 0 Å². The Morgan fingerprint density at radius 1 is 1.25 bits per heavy atom. The topological polar surface area (TPSA) is 76.7 Å². The van der Waals surface area contributed by atoms with Gasteiger partial charge in [0.25, 0.3) is 5.91 Å². The van der Waals surface area contributed by atoms with Crippen LogP contribution in [0.4, 0.5) is 5.69 Å². The molecule has 2 aromatic rings. The first-order valence-corrected chi connectivity index (χ1v) is 7.63. The van der Waals surface area contributed by atoms with Crippen molar-refractivity contribution < 1.29 is 19.1 Å². The van der Waals surface area contributed by atoms with Crippen molar-refractivity contribution in [2.75, 3.05) is 19.0 Å². The van der Waals surface area contributed by atoms with Crippen molar-refractivity contribution in [1.82, 2.24) is 5.32 Å². The highest BCUT2D eigenvalue weighted by atomic mass is 16.5. The molecule has 124 valence electrons. The molecule has 6 heteroatoms. The molecule has 0 atom stereocenters. The van der Waals surface area contributed by atoms with Crippen LogP contribution in [0.1, 0.15) is 22.3 Å². The molecule has 2 N–H and O–H groups in total. The Hall–Kier alpha value is -3.02. The third kappa shape index (κ3) is 3.65. The Morgan fingerprint density at radius 3 is 2.79 bits per heavy atom. The minimum Gasteiger partial charge on any atom is -0.497 e. The molecule has 1 aliphatic heterocycles. The summed E-state index contributed by atoms with van der Waals surface area (Å²) in [6.45, 7) is 0.723. The summed E-state index contributed by atoms with van der Waals surface area (Å²) in [6, 6.07) is 12.4. The lowest BCUT2D eigenvalue weighted by Gasteiger charge is -2.10. The first-order valence-electron chi connectivity index (χ1n) is 7.63. The summed E-state index contributed by atoms with van der Waals surface area (Å²) in [7, 11) is 1.58. The molecule has 3 rings (SSSR count). The van der Waals surface area contributed by atoms with Crippen LogP contribution in [0.15, 0.2) is 42.5 Å². The number of carbonyl (C=O) groups is 2. The predicted molar refractivity (Wildman–Crippen MR) is 89.3 cm³/mol. The van der Waals surface area contributed by atoms with Crippen LogP contribution >= 0.6 is 0 Å². The lowest BCUT2D eigenvalue weighted by molar-refractivity contribution is -0.116. The SMILES string of the molecule is COc1ccc(C(=O)NCc2ccc3c(c2)NC(=O)CCO3)cc1. The zero-order chi connectivity index (χ0) is 16.9. The molecule has 2 aromatic carbocycles. The van der Waals surface area contributed by atoms with Gasteiger partial charge in [0.15, 0.2) is 0 Å². The van der Waals surface area contributed by atoms with Crippen molar-refractivity contribution in [3.63, 3.8) is 0 Å². The fourth-order valence-electron chi connectivity index (χ4n) is 2.40. The Bertz CT molecular complexity index is 756. The molecule has 0 aliphatic carbocycles. The van der Waals surface area contributed by atoms with Gasteiger partial charge in [0.05, 0.1) is 25.8 Å². The van der Waals surface area contributed by atoms with Crippen molar-refractivity contribution >= 4 is 17.5 Å². The molecule has 2 amide bonds. The van der Waals surface area contributed by atoms with Crippen LogP contribution in [-0.2, 0) is 11.3 Å². The average molecular weight is 326 g/mol. The van der Waals surface area contributed by atoms with Crippen molar-refractivity contribution in [3.05, 3.63) is 53.6 Å². The molecule has 1 aliphatic rings. The molecule has 6 nitrogen and oxygen atoms in total. The summed E-state index contributed by atoms with van der Waals surface area (Å²) in [5.74, 6) is 1.10. The van der Waals surface area contributed by atoms with Gasteiger partial charge < -0.3 is 20.1 Å². The van der Waals surface area contributed by atoms with Gasteiger partial charge in [0.1, 0.15) is 11.5 Å². The second-order valence-corrected chi connectivity index (χ2v) is 5.39. The average Bonchev–Trinajstić information content (AvgIpc) is 2.79. The molecule has 0 saturated carbocycles. The van der Waals surface area contributed by atoms with E-state index in [4.69, 9.17) is 9.47 Å². The molecule has 0 saturated heterocycles. The van der Waals surface area contributed by atoms with Crippen LogP contribution in [0, 0.1) is 0 Å². The molecule has 0 unspecified atom stereocenters. The van der Waals surface area contributed by atoms with Crippen molar-refractivity contribution in [2.45, 2.75) is 13.0 Å². The molecule has 24 heavy (non-hydrogen) atoms. The minimum atomic E-state index is -0.173. The number of methoxy groups -OCH3 is 1. The highest BCUT2D eigenvalue weighted by Gasteiger charge is 2.14. The van der Waals surface area contributed by atoms with E-state index in [1.807, 2.05) is 12.1 Å². The highest BCUT2D eigenvalue weighted by Crippen LogP contribution is 2.28. The van der Waals surface area contributed by atoms with Gasteiger partial charge in [-0.05, 0) is 42.0 Å². The summed E-state index contributed by atoms with van der Waals surface area (Å²) in [6.07, 6.45) is 0.332. The van der Waals surface area contributed by atoms with E-state index in [9.17, 15) is 9.59 Å². The number of rotatable bonds is 4. The Kier molecular flexibility index (Phi) is 4.65. The van der Waals surface area contributed by atoms with E-state index >= 15 is 0 Å². The van der Waals surface area contributed by atoms with Gasteiger partial charge in [-0.15, -0.1) is 0 Å². The molecular weight excluding hydrogens is 308 g/mol. The van der Waals surface area contributed by atoms with Gasteiger partial charge in [-0.1, -0.05) is 6.07 Å². The van der Waals surface area contributed by atoms with E-state index < -0.39 is 0 Å². The maximum atomic E-state index is 12.2.